The highest BCUT2D eigenvalue weighted by Gasteiger charge is 2.43. The van der Waals surface area contributed by atoms with Crippen LogP contribution < -0.4 is 5.32 Å². The molecule has 1 unspecified atom stereocenters. The number of fused-ring (bicyclic) bond motifs is 1. The zero-order valence-electron chi connectivity index (χ0n) is 8.34. The normalized spacial score (nSPS) is 39.8. The molecular weight excluding hydrogens is 146 g/mol. The van der Waals surface area contributed by atoms with Crippen LogP contribution >= 0.6 is 0 Å². The summed E-state index contributed by atoms with van der Waals surface area (Å²) in [4.78, 5) is 0. The minimum Gasteiger partial charge on any atom is -0.313 e. The Labute approximate surface area is 75.9 Å². The zero-order chi connectivity index (χ0) is 8.55. The average molecular weight is 167 g/mol. The third-order valence-electron chi connectivity index (χ3n) is 3.58. The molecule has 2 saturated carbocycles. The summed E-state index contributed by atoms with van der Waals surface area (Å²) in [6, 6.07) is 0.889. The molecule has 2 aliphatic rings. The Bertz CT molecular complexity index is 153. The summed E-state index contributed by atoms with van der Waals surface area (Å²) in [5.74, 6) is 2.98. The fourth-order valence-electron chi connectivity index (χ4n) is 2.81. The minimum absolute atomic E-state index is 0.811. The molecule has 0 aromatic rings. The van der Waals surface area contributed by atoms with Gasteiger partial charge in [-0.25, -0.2) is 0 Å². The van der Waals surface area contributed by atoms with E-state index in [1.54, 1.807) is 0 Å². The van der Waals surface area contributed by atoms with Crippen molar-refractivity contribution in [2.24, 2.45) is 17.8 Å². The molecule has 70 valence electrons. The van der Waals surface area contributed by atoms with E-state index < -0.39 is 0 Å². The molecule has 1 heteroatoms. The van der Waals surface area contributed by atoms with Crippen molar-refractivity contribution in [2.45, 2.75) is 45.6 Å². The second-order valence-electron chi connectivity index (χ2n) is 5.00. The first-order valence-electron chi connectivity index (χ1n) is 5.50. The van der Waals surface area contributed by atoms with Gasteiger partial charge in [-0.1, -0.05) is 26.7 Å². The summed E-state index contributed by atoms with van der Waals surface area (Å²) in [6.07, 6.45) is 5.98. The molecular formula is C11H21N. The van der Waals surface area contributed by atoms with Crippen molar-refractivity contribution >= 4 is 0 Å². The highest BCUT2D eigenvalue weighted by Crippen LogP contribution is 2.46. The maximum Gasteiger partial charge on any atom is 0.0101 e. The predicted molar refractivity (Wildman–Crippen MR) is 52.1 cm³/mol. The van der Waals surface area contributed by atoms with Gasteiger partial charge >= 0.3 is 0 Å². The van der Waals surface area contributed by atoms with Gasteiger partial charge in [0.2, 0.25) is 0 Å². The molecule has 0 bridgehead atoms. The third kappa shape index (κ3) is 1.52. The van der Waals surface area contributed by atoms with E-state index in [0.717, 1.165) is 23.8 Å². The Hall–Kier alpha value is -0.0400. The van der Waals surface area contributed by atoms with Crippen molar-refractivity contribution in [3.8, 4) is 0 Å². The van der Waals surface area contributed by atoms with E-state index in [9.17, 15) is 0 Å². The zero-order valence-corrected chi connectivity index (χ0v) is 8.34. The Morgan fingerprint density at radius 2 is 2.17 bits per heavy atom. The smallest absolute Gasteiger partial charge is 0.0101 e. The quantitative estimate of drug-likeness (QED) is 0.680. The number of rotatable bonds is 3. The van der Waals surface area contributed by atoms with Gasteiger partial charge in [0, 0.05) is 6.04 Å². The standard InChI is InChI=1S/C11H21N/c1-8(2)7-12-11-6-9-4-3-5-10(9)11/h8-12H,3-7H2,1-2H3/t9-,10-,11?/m0/s1. The van der Waals surface area contributed by atoms with E-state index in [2.05, 4.69) is 19.2 Å². The van der Waals surface area contributed by atoms with Gasteiger partial charge < -0.3 is 5.32 Å². The topological polar surface area (TPSA) is 12.0 Å². The lowest BCUT2D eigenvalue weighted by molar-refractivity contribution is 0.134. The van der Waals surface area contributed by atoms with Crippen molar-refractivity contribution < 1.29 is 0 Å². The molecule has 3 atom stereocenters. The minimum atomic E-state index is 0.811. The van der Waals surface area contributed by atoms with E-state index in [-0.39, 0.29) is 0 Å². The molecule has 0 radical (unpaired) electrons. The van der Waals surface area contributed by atoms with Crippen molar-refractivity contribution in [2.75, 3.05) is 6.54 Å². The second kappa shape index (κ2) is 3.37. The highest BCUT2D eigenvalue weighted by atomic mass is 14.9. The van der Waals surface area contributed by atoms with Crippen LogP contribution in [-0.2, 0) is 0 Å². The largest absolute Gasteiger partial charge is 0.313 e. The Morgan fingerprint density at radius 1 is 1.33 bits per heavy atom. The van der Waals surface area contributed by atoms with Crippen LogP contribution in [0.15, 0.2) is 0 Å². The first-order valence-corrected chi connectivity index (χ1v) is 5.50. The molecule has 1 N–H and O–H groups in total. The molecule has 0 amide bonds. The van der Waals surface area contributed by atoms with Crippen LogP contribution in [0.5, 0.6) is 0 Å². The number of hydrogen-bond acceptors (Lipinski definition) is 1. The number of hydrogen-bond donors (Lipinski definition) is 1. The van der Waals surface area contributed by atoms with Gasteiger partial charge in [-0.3, -0.25) is 0 Å². The molecule has 0 aromatic heterocycles. The molecule has 1 nitrogen and oxygen atoms in total. The molecule has 0 aromatic carbocycles. The van der Waals surface area contributed by atoms with Gasteiger partial charge in [-0.05, 0) is 37.1 Å². The molecule has 0 heterocycles. The first kappa shape index (κ1) is 8.55. The summed E-state index contributed by atoms with van der Waals surface area (Å²) >= 11 is 0. The van der Waals surface area contributed by atoms with Gasteiger partial charge in [0.15, 0.2) is 0 Å². The first-order chi connectivity index (χ1) is 5.77. The predicted octanol–water partition coefficient (Wildman–Crippen LogP) is 2.42. The number of nitrogens with one attached hydrogen (secondary N) is 1. The van der Waals surface area contributed by atoms with Crippen LogP contribution in [0.25, 0.3) is 0 Å². The molecule has 0 saturated heterocycles. The highest BCUT2D eigenvalue weighted by molar-refractivity contribution is 4.97. The van der Waals surface area contributed by atoms with Crippen LogP contribution in [0.1, 0.15) is 39.5 Å². The molecule has 0 spiro atoms. The van der Waals surface area contributed by atoms with Gasteiger partial charge in [-0.2, -0.15) is 0 Å². The van der Waals surface area contributed by atoms with Crippen molar-refractivity contribution in [1.29, 1.82) is 0 Å². The van der Waals surface area contributed by atoms with E-state index in [1.807, 2.05) is 0 Å². The van der Waals surface area contributed by atoms with Crippen LogP contribution in [0, 0.1) is 17.8 Å². The van der Waals surface area contributed by atoms with E-state index in [1.165, 1.54) is 32.2 Å². The van der Waals surface area contributed by atoms with Crippen LogP contribution in [-0.4, -0.2) is 12.6 Å². The van der Waals surface area contributed by atoms with Gasteiger partial charge in [0.25, 0.3) is 0 Å². The van der Waals surface area contributed by atoms with Gasteiger partial charge in [0.05, 0.1) is 0 Å². The van der Waals surface area contributed by atoms with Crippen LogP contribution in [0.4, 0.5) is 0 Å². The molecule has 2 aliphatic carbocycles. The average Bonchev–Trinajstić information content (AvgIpc) is 2.32. The SMILES string of the molecule is CC(C)CNC1C[C@@H]2CCC[C@H]12. The lowest BCUT2D eigenvalue weighted by atomic mass is 9.71. The second-order valence-corrected chi connectivity index (χ2v) is 5.00. The van der Waals surface area contributed by atoms with Crippen molar-refractivity contribution in [3.63, 3.8) is 0 Å². The molecule has 2 rings (SSSR count). The summed E-state index contributed by atoms with van der Waals surface area (Å²) < 4.78 is 0. The van der Waals surface area contributed by atoms with Gasteiger partial charge in [0.1, 0.15) is 0 Å². The molecule has 0 aliphatic heterocycles. The van der Waals surface area contributed by atoms with E-state index in [4.69, 9.17) is 0 Å². The molecule has 12 heavy (non-hydrogen) atoms. The Kier molecular flexibility index (Phi) is 2.40. The van der Waals surface area contributed by atoms with E-state index >= 15 is 0 Å². The van der Waals surface area contributed by atoms with E-state index in [0.29, 0.717) is 0 Å². The Morgan fingerprint density at radius 3 is 2.83 bits per heavy atom. The van der Waals surface area contributed by atoms with Gasteiger partial charge in [-0.15, -0.1) is 0 Å². The summed E-state index contributed by atoms with van der Waals surface area (Å²) in [6.45, 7) is 5.80. The molecule has 2 fully saturated rings. The third-order valence-corrected chi connectivity index (χ3v) is 3.58. The summed E-state index contributed by atoms with van der Waals surface area (Å²) in [7, 11) is 0. The fourth-order valence-corrected chi connectivity index (χ4v) is 2.81. The summed E-state index contributed by atoms with van der Waals surface area (Å²) in [5, 5.41) is 3.69. The van der Waals surface area contributed by atoms with Crippen LogP contribution in [0.3, 0.4) is 0 Å². The monoisotopic (exact) mass is 167 g/mol. The Balaban J connectivity index is 1.70. The lowest BCUT2D eigenvalue weighted by Crippen LogP contribution is -2.48. The lowest BCUT2D eigenvalue weighted by Gasteiger charge is -2.41. The summed E-state index contributed by atoms with van der Waals surface area (Å²) in [5.41, 5.74) is 0. The van der Waals surface area contributed by atoms with Crippen molar-refractivity contribution in [3.05, 3.63) is 0 Å². The fraction of sp³-hybridized carbons (Fsp3) is 1.00. The van der Waals surface area contributed by atoms with Crippen LogP contribution in [0.2, 0.25) is 0 Å². The van der Waals surface area contributed by atoms with Crippen molar-refractivity contribution in [1.82, 2.24) is 5.32 Å². The maximum atomic E-state index is 3.69. The maximum absolute atomic E-state index is 3.69.